The Bertz CT molecular complexity index is 801. The summed E-state index contributed by atoms with van der Waals surface area (Å²) in [6.45, 7) is 10.1. The van der Waals surface area contributed by atoms with Gasteiger partial charge in [-0.2, -0.15) is 0 Å². The van der Waals surface area contributed by atoms with Gasteiger partial charge in [-0.15, -0.1) is 0 Å². The number of halogens is 2. The fourth-order valence-electron chi connectivity index (χ4n) is 2.99. The summed E-state index contributed by atoms with van der Waals surface area (Å²) < 4.78 is 5.28. The Labute approximate surface area is 170 Å². The fourth-order valence-corrected chi connectivity index (χ4v) is 3.49. The van der Waals surface area contributed by atoms with Gasteiger partial charge in [-0.05, 0) is 6.07 Å². The van der Waals surface area contributed by atoms with E-state index in [1.54, 1.807) is 19.4 Å². The number of hydrogen-bond acceptors (Lipinski definition) is 6. The lowest BCUT2D eigenvalue weighted by molar-refractivity contribution is 0.181. The smallest absolute Gasteiger partial charge is 0.147 e. The summed E-state index contributed by atoms with van der Waals surface area (Å²) >= 11 is 12.3. The molecule has 0 N–H and O–H groups in total. The largest absolute Gasteiger partial charge is 0.378 e. The standard InChI is InChI=1S/C19H25Cl2N5O/c1-19(2,3)18-23-14(12-27-4)10-16(24-18)25-5-7-26(8-6-25)17-15(21)9-13(20)11-22-17/h9-11H,5-8,12H2,1-4H3. The molecule has 0 atom stereocenters. The summed E-state index contributed by atoms with van der Waals surface area (Å²) in [6.07, 6.45) is 1.63. The predicted molar refractivity (Wildman–Crippen MR) is 110 cm³/mol. The number of piperazine rings is 1. The van der Waals surface area contributed by atoms with Crippen LogP contribution < -0.4 is 9.80 Å². The number of rotatable bonds is 4. The molecule has 1 aliphatic heterocycles. The van der Waals surface area contributed by atoms with Gasteiger partial charge in [0.2, 0.25) is 0 Å². The zero-order chi connectivity index (χ0) is 19.6. The zero-order valence-electron chi connectivity index (χ0n) is 16.2. The third-order valence-corrected chi connectivity index (χ3v) is 4.91. The molecule has 3 rings (SSSR count). The van der Waals surface area contributed by atoms with Crippen LogP contribution in [0.5, 0.6) is 0 Å². The average molecular weight is 410 g/mol. The van der Waals surface area contributed by atoms with Crippen molar-refractivity contribution in [3.8, 4) is 0 Å². The second-order valence-corrected chi connectivity index (χ2v) is 8.50. The van der Waals surface area contributed by atoms with Crippen molar-refractivity contribution in [1.82, 2.24) is 15.0 Å². The van der Waals surface area contributed by atoms with Gasteiger partial charge in [0.05, 0.1) is 22.3 Å². The van der Waals surface area contributed by atoms with Crippen LogP contribution in [0, 0.1) is 0 Å². The Morgan fingerprint density at radius 2 is 1.70 bits per heavy atom. The van der Waals surface area contributed by atoms with Gasteiger partial charge in [-0.1, -0.05) is 44.0 Å². The fraction of sp³-hybridized carbons (Fsp3) is 0.526. The van der Waals surface area contributed by atoms with Crippen LogP contribution in [0.15, 0.2) is 18.3 Å². The van der Waals surface area contributed by atoms with Gasteiger partial charge in [0.15, 0.2) is 0 Å². The van der Waals surface area contributed by atoms with Crippen molar-refractivity contribution >= 4 is 34.8 Å². The number of nitrogens with zero attached hydrogens (tertiary/aromatic N) is 5. The van der Waals surface area contributed by atoms with Crippen molar-refractivity contribution in [3.63, 3.8) is 0 Å². The maximum Gasteiger partial charge on any atom is 0.147 e. The molecular formula is C19H25Cl2N5O. The molecule has 6 nitrogen and oxygen atoms in total. The first-order valence-electron chi connectivity index (χ1n) is 8.96. The molecule has 3 heterocycles. The summed E-state index contributed by atoms with van der Waals surface area (Å²) in [5, 5.41) is 1.12. The highest BCUT2D eigenvalue weighted by Gasteiger charge is 2.24. The van der Waals surface area contributed by atoms with Crippen molar-refractivity contribution in [1.29, 1.82) is 0 Å². The van der Waals surface area contributed by atoms with Crippen molar-refractivity contribution in [2.45, 2.75) is 32.8 Å². The van der Waals surface area contributed by atoms with Crippen LogP contribution in [-0.2, 0) is 16.8 Å². The molecular weight excluding hydrogens is 385 g/mol. The van der Waals surface area contributed by atoms with E-state index >= 15 is 0 Å². The lowest BCUT2D eigenvalue weighted by Gasteiger charge is -2.36. The van der Waals surface area contributed by atoms with Crippen molar-refractivity contribution in [2.75, 3.05) is 43.1 Å². The summed E-state index contributed by atoms with van der Waals surface area (Å²) in [5.74, 6) is 2.55. The minimum Gasteiger partial charge on any atom is -0.378 e. The topological polar surface area (TPSA) is 54.4 Å². The third-order valence-electron chi connectivity index (χ3n) is 4.42. The molecule has 1 fully saturated rings. The molecule has 0 aliphatic carbocycles. The van der Waals surface area contributed by atoms with Crippen molar-refractivity contribution in [3.05, 3.63) is 39.9 Å². The third kappa shape index (κ3) is 4.81. The molecule has 8 heteroatoms. The molecule has 0 aromatic carbocycles. The number of ether oxygens (including phenoxy) is 1. The number of aromatic nitrogens is 3. The van der Waals surface area contributed by atoms with E-state index in [9.17, 15) is 0 Å². The van der Waals surface area contributed by atoms with Gasteiger partial charge in [0.1, 0.15) is 17.5 Å². The van der Waals surface area contributed by atoms with E-state index in [1.807, 2.05) is 6.07 Å². The lowest BCUT2D eigenvalue weighted by atomic mass is 9.95. The van der Waals surface area contributed by atoms with Crippen LogP contribution in [-0.4, -0.2) is 48.2 Å². The van der Waals surface area contributed by atoms with Crippen LogP contribution >= 0.6 is 23.2 Å². The van der Waals surface area contributed by atoms with E-state index in [1.165, 1.54) is 0 Å². The Morgan fingerprint density at radius 3 is 2.30 bits per heavy atom. The molecule has 146 valence electrons. The molecule has 0 radical (unpaired) electrons. The van der Waals surface area contributed by atoms with Gasteiger partial charge in [-0.25, -0.2) is 15.0 Å². The van der Waals surface area contributed by atoms with E-state index < -0.39 is 0 Å². The van der Waals surface area contributed by atoms with E-state index in [2.05, 4.69) is 40.5 Å². The van der Waals surface area contributed by atoms with E-state index in [0.717, 1.165) is 49.3 Å². The van der Waals surface area contributed by atoms with Gasteiger partial charge in [0.25, 0.3) is 0 Å². The SMILES string of the molecule is COCc1cc(N2CCN(c3ncc(Cl)cc3Cl)CC2)nc(C(C)(C)C)n1. The van der Waals surface area contributed by atoms with Crippen LogP contribution in [0.4, 0.5) is 11.6 Å². The highest BCUT2D eigenvalue weighted by Crippen LogP contribution is 2.28. The van der Waals surface area contributed by atoms with Crippen LogP contribution in [0.1, 0.15) is 32.3 Å². The molecule has 0 spiro atoms. The molecule has 0 amide bonds. The number of methoxy groups -OCH3 is 1. The highest BCUT2D eigenvalue weighted by atomic mass is 35.5. The van der Waals surface area contributed by atoms with E-state index in [4.69, 9.17) is 32.9 Å². The Kier molecular flexibility index (Phi) is 6.08. The monoisotopic (exact) mass is 409 g/mol. The second-order valence-electron chi connectivity index (χ2n) is 7.66. The van der Waals surface area contributed by atoms with Crippen LogP contribution in [0.3, 0.4) is 0 Å². The van der Waals surface area contributed by atoms with Gasteiger partial charge >= 0.3 is 0 Å². The van der Waals surface area contributed by atoms with Crippen LogP contribution in [0.2, 0.25) is 10.0 Å². The first-order valence-corrected chi connectivity index (χ1v) is 9.72. The summed E-state index contributed by atoms with van der Waals surface area (Å²) in [6, 6.07) is 3.75. The normalized spacial score (nSPS) is 15.3. The Morgan fingerprint density at radius 1 is 1.04 bits per heavy atom. The zero-order valence-corrected chi connectivity index (χ0v) is 17.7. The Balaban J connectivity index is 1.78. The number of hydrogen-bond donors (Lipinski definition) is 0. The average Bonchev–Trinajstić information content (AvgIpc) is 2.61. The molecule has 1 saturated heterocycles. The van der Waals surface area contributed by atoms with Crippen molar-refractivity contribution < 1.29 is 4.74 Å². The van der Waals surface area contributed by atoms with Gasteiger partial charge < -0.3 is 14.5 Å². The number of anilines is 2. The minimum atomic E-state index is -0.124. The maximum atomic E-state index is 6.31. The molecule has 2 aromatic heterocycles. The first kappa shape index (κ1) is 20.1. The van der Waals surface area contributed by atoms with Crippen LogP contribution in [0.25, 0.3) is 0 Å². The highest BCUT2D eigenvalue weighted by molar-refractivity contribution is 6.36. The predicted octanol–water partition coefficient (Wildman–Crippen LogP) is 3.95. The molecule has 0 unspecified atom stereocenters. The quantitative estimate of drug-likeness (QED) is 0.761. The molecule has 0 bridgehead atoms. The van der Waals surface area contributed by atoms with Gasteiger partial charge in [0, 0.05) is 51.0 Å². The van der Waals surface area contributed by atoms with Gasteiger partial charge in [-0.3, -0.25) is 0 Å². The minimum absolute atomic E-state index is 0.124. The van der Waals surface area contributed by atoms with E-state index in [0.29, 0.717) is 16.7 Å². The summed E-state index contributed by atoms with van der Waals surface area (Å²) in [5.41, 5.74) is 0.776. The lowest BCUT2D eigenvalue weighted by Crippen LogP contribution is -2.47. The molecule has 27 heavy (non-hydrogen) atoms. The van der Waals surface area contributed by atoms with Crippen molar-refractivity contribution in [2.24, 2.45) is 0 Å². The second kappa shape index (κ2) is 8.17. The Hall–Kier alpha value is -1.63. The molecule has 2 aromatic rings. The van der Waals surface area contributed by atoms with E-state index in [-0.39, 0.29) is 5.41 Å². The molecule has 0 saturated carbocycles. The molecule has 1 aliphatic rings. The summed E-state index contributed by atoms with van der Waals surface area (Å²) in [4.78, 5) is 18.3. The first-order chi connectivity index (χ1) is 12.8. The number of pyridine rings is 1. The maximum absolute atomic E-state index is 6.31. The summed E-state index contributed by atoms with van der Waals surface area (Å²) in [7, 11) is 1.68.